The van der Waals surface area contributed by atoms with Crippen LogP contribution in [0.4, 0.5) is 5.82 Å². The predicted molar refractivity (Wildman–Crippen MR) is 55.9 cm³/mol. The van der Waals surface area contributed by atoms with Crippen molar-refractivity contribution in [2.75, 3.05) is 14.1 Å². The summed E-state index contributed by atoms with van der Waals surface area (Å²) in [5.41, 5.74) is 2.40. The van der Waals surface area contributed by atoms with Crippen LogP contribution in [0.25, 0.3) is 0 Å². The van der Waals surface area contributed by atoms with Crippen LogP contribution < -0.4 is 0 Å². The molecule has 1 aliphatic carbocycles. The monoisotopic (exact) mass is 190 g/mol. The molecular formula is C10H14N4. The van der Waals surface area contributed by atoms with E-state index in [0.717, 1.165) is 18.7 Å². The van der Waals surface area contributed by atoms with Gasteiger partial charge in [-0.2, -0.15) is 0 Å². The van der Waals surface area contributed by atoms with Crippen molar-refractivity contribution in [1.82, 2.24) is 14.9 Å². The number of hydrogen-bond acceptors (Lipinski definition) is 3. The van der Waals surface area contributed by atoms with E-state index < -0.39 is 0 Å². The van der Waals surface area contributed by atoms with Crippen molar-refractivity contribution >= 4 is 12.2 Å². The molecule has 74 valence electrons. The number of nitrogens with zero attached hydrogens (tertiary/aromatic N) is 4. The average Bonchev–Trinajstić information content (AvgIpc) is 2.62. The summed E-state index contributed by atoms with van der Waals surface area (Å²) in [6.07, 6.45) is 6.70. The number of rotatable bonds is 2. The fourth-order valence-electron chi connectivity index (χ4n) is 1.62. The molecule has 4 heteroatoms. The van der Waals surface area contributed by atoms with E-state index in [0.29, 0.717) is 0 Å². The highest BCUT2D eigenvalue weighted by atomic mass is 15.1. The van der Waals surface area contributed by atoms with Crippen LogP contribution >= 0.6 is 0 Å². The highest BCUT2D eigenvalue weighted by molar-refractivity contribution is 5.61. The van der Waals surface area contributed by atoms with Gasteiger partial charge in [-0.1, -0.05) is 0 Å². The van der Waals surface area contributed by atoms with Gasteiger partial charge in [0.1, 0.15) is 6.33 Å². The first-order valence-corrected chi connectivity index (χ1v) is 4.81. The van der Waals surface area contributed by atoms with Crippen LogP contribution in [0.2, 0.25) is 0 Å². The van der Waals surface area contributed by atoms with E-state index in [4.69, 9.17) is 0 Å². The second-order valence-electron chi connectivity index (χ2n) is 3.68. The zero-order valence-corrected chi connectivity index (χ0v) is 8.56. The smallest absolute Gasteiger partial charge is 0.160 e. The van der Waals surface area contributed by atoms with E-state index in [1.165, 1.54) is 17.7 Å². The number of aliphatic imine (C=N–C) groups is 1. The van der Waals surface area contributed by atoms with Gasteiger partial charge in [0.15, 0.2) is 5.82 Å². The number of fused-ring (bicyclic) bond motifs is 1. The summed E-state index contributed by atoms with van der Waals surface area (Å²) in [6.45, 7) is 0. The molecule has 0 amide bonds. The maximum absolute atomic E-state index is 4.33. The lowest BCUT2D eigenvalue weighted by Gasteiger charge is -2.04. The van der Waals surface area contributed by atoms with E-state index in [1.54, 1.807) is 12.7 Å². The molecule has 0 fully saturated rings. The zero-order valence-electron chi connectivity index (χ0n) is 8.56. The summed E-state index contributed by atoms with van der Waals surface area (Å²) >= 11 is 0. The van der Waals surface area contributed by atoms with Crippen molar-refractivity contribution in [3.05, 3.63) is 17.6 Å². The predicted octanol–water partition coefficient (Wildman–Crippen LogP) is 1.19. The van der Waals surface area contributed by atoms with Crippen LogP contribution in [0.15, 0.2) is 11.3 Å². The standard InChI is InChI=1S/C10H14N4/c1-14(2)7-13-10-8-4-3-5-9(8)11-6-12-10/h6-7H,3-5H2,1-2H3. The van der Waals surface area contributed by atoms with Crippen molar-refractivity contribution in [3.63, 3.8) is 0 Å². The largest absolute Gasteiger partial charge is 0.369 e. The molecule has 4 nitrogen and oxygen atoms in total. The molecule has 0 unspecified atom stereocenters. The van der Waals surface area contributed by atoms with Gasteiger partial charge in [0.05, 0.1) is 6.34 Å². The maximum Gasteiger partial charge on any atom is 0.160 e. The second-order valence-corrected chi connectivity index (χ2v) is 3.68. The Hall–Kier alpha value is -1.45. The van der Waals surface area contributed by atoms with Gasteiger partial charge in [-0.15, -0.1) is 0 Å². The Morgan fingerprint density at radius 1 is 1.36 bits per heavy atom. The van der Waals surface area contributed by atoms with Crippen LogP contribution in [0, 0.1) is 0 Å². The van der Waals surface area contributed by atoms with Crippen molar-refractivity contribution in [2.24, 2.45) is 4.99 Å². The van der Waals surface area contributed by atoms with Gasteiger partial charge in [0.25, 0.3) is 0 Å². The maximum atomic E-state index is 4.33. The normalized spacial score (nSPS) is 14.7. The average molecular weight is 190 g/mol. The van der Waals surface area contributed by atoms with Gasteiger partial charge in [0.2, 0.25) is 0 Å². The zero-order chi connectivity index (χ0) is 9.97. The lowest BCUT2D eigenvalue weighted by molar-refractivity contribution is 0.643. The SMILES string of the molecule is CN(C)C=Nc1ncnc2c1CCC2. The molecule has 0 saturated carbocycles. The first-order valence-electron chi connectivity index (χ1n) is 4.81. The van der Waals surface area contributed by atoms with Gasteiger partial charge in [-0.3, -0.25) is 0 Å². The molecule has 1 aromatic heterocycles. The Morgan fingerprint density at radius 3 is 3.00 bits per heavy atom. The van der Waals surface area contributed by atoms with Crippen LogP contribution in [-0.2, 0) is 12.8 Å². The minimum absolute atomic E-state index is 0.834. The van der Waals surface area contributed by atoms with E-state index in [1.807, 2.05) is 19.0 Å². The lowest BCUT2D eigenvalue weighted by Crippen LogP contribution is -2.07. The quantitative estimate of drug-likeness (QED) is 0.519. The Balaban J connectivity index is 2.30. The number of aromatic nitrogens is 2. The fourth-order valence-corrected chi connectivity index (χ4v) is 1.62. The highest BCUT2D eigenvalue weighted by Gasteiger charge is 2.15. The molecule has 0 aromatic carbocycles. The second kappa shape index (κ2) is 3.74. The molecule has 1 heterocycles. The van der Waals surface area contributed by atoms with Gasteiger partial charge < -0.3 is 4.90 Å². The van der Waals surface area contributed by atoms with Crippen LogP contribution in [0.5, 0.6) is 0 Å². The van der Waals surface area contributed by atoms with Crippen molar-refractivity contribution in [3.8, 4) is 0 Å². The number of hydrogen-bond donors (Lipinski definition) is 0. The van der Waals surface area contributed by atoms with Crippen LogP contribution in [0.1, 0.15) is 17.7 Å². The van der Waals surface area contributed by atoms with E-state index >= 15 is 0 Å². The summed E-state index contributed by atoms with van der Waals surface area (Å²) < 4.78 is 0. The highest BCUT2D eigenvalue weighted by Crippen LogP contribution is 2.26. The molecule has 1 aliphatic rings. The molecule has 14 heavy (non-hydrogen) atoms. The van der Waals surface area contributed by atoms with E-state index in [9.17, 15) is 0 Å². The Labute approximate surface area is 83.7 Å². The molecule has 0 aliphatic heterocycles. The molecule has 1 aromatic rings. The third kappa shape index (κ3) is 1.73. The Kier molecular flexibility index (Phi) is 2.43. The first-order chi connectivity index (χ1) is 6.77. The third-order valence-electron chi connectivity index (χ3n) is 2.26. The molecule has 0 bridgehead atoms. The third-order valence-corrected chi connectivity index (χ3v) is 2.26. The van der Waals surface area contributed by atoms with Crippen LogP contribution in [-0.4, -0.2) is 35.3 Å². The van der Waals surface area contributed by atoms with Crippen molar-refractivity contribution in [2.45, 2.75) is 19.3 Å². The first kappa shape index (κ1) is 9.12. The lowest BCUT2D eigenvalue weighted by atomic mass is 10.2. The molecule has 0 spiro atoms. The van der Waals surface area contributed by atoms with Crippen LogP contribution in [0.3, 0.4) is 0 Å². The number of aryl methyl sites for hydroxylation is 1. The van der Waals surface area contributed by atoms with E-state index in [-0.39, 0.29) is 0 Å². The van der Waals surface area contributed by atoms with Gasteiger partial charge in [0, 0.05) is 25.4 Å². The molecule has 0 radical (unpaired) electrons. The van der Waals surface area contributed by atoms with Crippen molar-refractivity contribution < 1.29 is 0 Å². The minimum Gasteiger partial charge on any atom is -0.369 e. The summed E-state index contributed by atoms with van der Waals surface area (Å²) in [7, 11) is 3.90. The van der Waals surface area contributed by atoms with Gasteiger partial charge >= 0.3 is 0 Å². The summed E-state index contributed by atoms with van der Waals surface area (Å²) in [5, 5.41) is 0. The summed E-state index contributed by atoms with van der Waals surface area (Å²) in [4.78, 5) is 14.7. The molecule has 0 saturated heterocycles. The van der Waals surface area contributed by atoms with Gasteiger partial charge in [-0.05, 0) is 19.3 Å². The Morgan fingerprint density at radius 2 is 2.21 bits per heavy atom. The molecule has 0 N–H and O–H groups in total. The fraction of sp³-hybridized carbons (Fsp3) is 0.500. The molecule has 0 atom stereocenters. The molecular weight excluding hydrogens is 176 g/mol. The topological polar surface area (TPSA) is 41.4 Å². The minimum atomic E-state index is 0.834. The Bertz CT molecular complexity index is 357. The summed E-state index contributed by atoms with van der Waals surface area (Å²) in [6, 6.07) is 0. The van der Waals surface area contributed by atoms with E-state index in [2.05, 4.69) is 15.0 Å². The molecule has 2 rings (SSSR count). The van der Waals surface area contributed by atoms with Gasteiger partial charge in [-0.25, -0.2) is 15.0 Å². The summed E-state index contributed by atoms with van der Waals surface area (Å²) in [5.74, 6) is 0.834. The van der Waals surface area contributed by atoms with Crippen molar-refractivity contribution in [1.29, 1.82) is 0 Å².